The van der Waals surface area contributed by atoms with Gasteiger partial charge in [0.2, 0.25) is 0 Å². The van der Waals surface area contributed by atoms with Crippen molar-refractivity contribution in [1.29, 1.82) is 0 Å². The Kier molecular flexibility index (Phi) is 5.58. The summed E-state index contributed by atoms with van der Waals surface area (Å²) in [5, 5.41) is 1.33. The van der Waals surface area contributed by atoms with Crippen LogP contribution in [0.15, 0.2) is 6.20 Å². The second-order valence-electron chi connectivity index (χ2n) is 4.34. The Morgan fingerprint density at radius 1 is 1.21 bits per heavy atom. The molecule has 1 rings (SSSR count). The van der Waals surface area contributed by atoms with E-state index in [1.165, 1.54) is 5.32 Å². The number of alkyl halides is 6. The molecule has 1 heterocycles. The number of Topliss-reactive ketones (excluding diaryl/α,β-unsaturated/α-hetero) is 1. The Bertz CT molecular complexity index is 636. The number of amides is 1. The van der Waals surface area contributed by atoms with Gasteiger partial charge in [-0.05, 0) is 0 Å². The normalized spacial score (nSPS) is 13.3. The Morgan fingerprint density at radius 2 is 1.79 bits per heavy atom. The minimum absolute atomic E-state index is 0.291. The molecular weight excluding hydrogens is 352 g/mol. The molecule has 1 aromatic rings. The number of carbonyl (C=O) groups excluding carboxylic acids is 3. The van der Waals surface area contributed by atoms with Gasteiger partial charge in [-0.2, -0.15) is 26.3 Å². The Balaban J connectivity index is 2.93. The summed E-state index contributed by atoms with van der Waals surface area (Å²) in [7, 11) is 0.834. The summed E-state index contributed by atoms with van der Waals surface area (Å²) in [6.07, 6.45) is -10.5. The monoisotopic (exact) mass is 361 g/mol. The number of hydrogen-bond acceptors (Lipinski definition) is 5. The Labute approximate surface area is 129 Å². The largest absolute Gasteiger partial charge is 0.471 e. The van der Waals surface area contributed by atoms with Gasteiger partial charge in [-0.1, -0.05) is 0 Å². The number of methoxy groups -OCH3 is 1. The van der Waals surface area contributed by atoms with E-state index < -0.39 is 48.3 Å². The van der Waals surface area contributed by atoms with Gasteiger partial charge in [-0.15, -0.1) is 0 Å². The number of esters is 1. The number of H-pyrrole nitrogens is 1. The van der Waals surface area contributed by atoms with Crippen molar-refractivity contribution < 1.29 is 45.5 Å². The molecule has 0 unspecified atom stereocenters. The van der Waals surface area contributed by atoms with E-state index in [4.69, 9.17) is 0 Å². The van der Waals surface area contributed by atoms with Crippen LogP contribution >= 0.6 is 0 Å². The first kappa shape index (κ1) is 19.4. The van der Waals surface area contributed by atoms with Crippen LogP contribution < -0.4 is 5.32 Å². The summed E-state index contributed by atoms with van der Waals surface area (Å²) in [4.78, 5) is 38.2. The maximum atomic E-state index is 12.2. The molecule has 0 saturated carbocycles. The van der Waals surface area contributed by atoms with Crippen molar-refractivity contribution >= 4 is 17.7 Å². The average molecular weight is 361 g/mol. The fourth-order valence-corrected chi connectivity index (χ4v) is 1.51. The molecule has 0 aliphatic rings. The first-order chi connectivity index (χ1) is 10.9. The van der Waals surface area contributed by atoms with Gasteiger partial charge in [0.1, 0.15) is 6.04 Å². The van der Waals surface area contributed by atoms with Crippen molar-refractivity contribution in [2.45, 2.75) is 24.8 Å². The maximum Gasteiger partial charge on any atom is 0.471 e. The molecule has 1 aromatic heterocycles. The highest BCUT2D eigenvalue weighted by Crippen LogP contribution is 2.20. The minimum atomic E-state index is -5.28. The van der Waals surface area contributed by atoms with Gasteiger partial charge >= 0.3 is 30.0 Å². The van der Waals surface area contributed by atoms with Crippen molar-refractivity contribution in [3.8, 4) is 0 Å². The SMILES string of the molecule is COC(=O)[C@H](Cc1cnc(C(=O)C(F)(F)F)[nH]1)NC(=O)C(F)(F)F. The number of rotatable bonds is 5. The van der Waals surface area contributed by atoms with Crippen LogP contribution in [-0.2, 0) is 20.7 Å². The van der Waals surface area contributed by atoms with Gasteiger partial charge in [-0.3, -0.25) is 9.59 Å². The van der Waals surface area contributed by atoms with Crippen LogP contribution in [0.4, 0.5) is 26.3 Å². The second kappa shape index (κ2) is 6.88. The number of nitrogens with one attached hydrogen (secondary N) is 2. The van der Waals surface area contributed by atoms with Crippen LogP contribution in [0.25, 0.3) is 0 Å². The lowest BCUT2D eigenvalue weighted by Gasteiger charge is -2.16. The lowest BCUT2D eigenvalue weighted by atomic mass is 10.1. The third-order valence-electron chi connectivity index (χ3n) is 2.57. The van der Waals surface area contributed by atoms with E-state index in [0.717, 1.165) is 7.11 Å². The molecule has 0 aliphatic carbocycles. The van der Waals surface area contributed by atoms with E-state index in [9.17, 15) is 40.7 Å². The first-order valence-corrected chi connectivity index (χ1v) is 5.97. The van der Waals surface area contributed by atoms with Crippen molar-refractivity contribution in [3.63, 3.8) is 0 Å². The van der Waals surface area contributed by atoms with Gasteiger partial charge in [0, 0.05) is 18.3 Å². The number of ketones is 1. The maximum absolute atomic E-state index is 12.2. The van der Waals surface area contributed by atoms with Gasteiger partial charge in [0.05, 0.1) is 7.11 Å². The number of halogens is 6. The standard InChI is InChI=1S/C11H9F6N3O4/c1-24-8(22)5(20-9(23)11(15,16)17)2-4-3-18-7(19-4)6(21)10(12,13)14/h3,5H,2H2,1H3,(H,18,19)(H,20,23)/t5-/m0/s1. The van der Waals surface area contributed by atoms with Crippen LogP contribution in [0.3, 0.4) is 0 Å². The smallest absolute Gasteiger partial charge is 0.467 e. The summed E-state index contributed by atoms with van der Waals surface area (Å²) in [5.74, 6) is -7.12. The van der Waals surface area contributed by atoms with E-state index in [0.29, 0.717) is 6.20 Å². The van der Waals surface area contributed by atoms with Gasteiger partial charge in [-0.25, -0.2) is 9.78 Å². The average Bonchev–Trinajstić information content (AvgIpc) is 2.91. The predicted molar refractivity (Wildman–Crippen MR) is 62.7 cm³/mol. The molecule has 1 amide bonds. The molecule has 0 aromatic carbocycles. The fraction of sp³-hybridized carbons (Fsp3) is 0.455. The minimum Gasteiger partial charge on any atom is -0.467 e. The van der Waals surface area contributed by atoms with E-state index in [1.807, 2.05) is 4.98 Å². The summed E-state index contributed by atoms with van der Waals surface area (Å²) in [6, 6.07) is -1.85. The third-order valence-corrected chi connectivity index (χ3v) is 2.57. The number of aromatic amines is 1. The first-order valence-electron chi connectivity index (χ1n) is 5.97. The van der Waals surface area contributed by atoms with Crippen molar-refractivity contribution in [2.24, 2.45) is 0 Å². The molecular formula is C11H9F6N3O4. The molecule has 13 heteroatoms. The zero-order valence-corrected chi connectivity index (χ0v) is 11.7. The van der Waals surface area contributed by atoms with E-state index in [-0.39, 0.29) is 5.69 Å². The van der Waals surface area contributed by atoms with Crippen LogP contribution in [-0.4, -0.2) is 53.1 Å². The highest BCUT2D eigenvalue weighted by atomic mass is 19.4. The summed E-state index contributed by atoms with van der Waals surface area (Å²) in [6.45, 7) is 0. The lowest BCUT2D eigenvalue weighted by Crippen LogP contribution is -2.48. The Hall–Kier alpha value is -2.60. The van der Waals surface area contributed by atoms with E-state index in [2.05, 4.69) is 9.72 Å². The zero-order valence-electron chi connectivity index (χ0n) is 11.7. The number of carbonyl (C=O) groups is 3. The molecule has 0 radical (unpaired) electrons. The summed E-state index contributed by atoms with van der Waals surface area (Å²) >= 11 is 0. The zero-order chi connectivity index (χ0) is 18.7. The Morgan fingerprint density at radius 3 is 2.25 bits per heavy atom. The third kappa shape index (κ3) is 4.96. The molecule has 0 spiro atoms. The topological polar surface area (TPSA) is 101 Å². The number of aromatic nitrogens is 2. The van der Waals surface area contributed by atoms with Crippen LogP contribution in [0.1, 0.15) is 16.3 Å². The van der Waals surface area contributed by atoms with E-state index in [1.54, 1.807) is 0 Å². The van der Waals surface area contributed by atoms with Crippen LogP contribution in [0.5, 0.6) is 0 Å². The molecule has 0 fully saturated rings. The number of hydrogen-bond donors (Lipinski definition) is 2. The molecule has 1 atom stereocenters. The summed E-state index contributed by atoms with van der Waals surface area (Å²) < 4.78 is 77.5. The molecule has 24 heavy (non-hydrogen) atoms. The van der Waals surface area contributed by atoms with Crippen LogP contribution in [0.2, 0.25) is 0 Å². The van der Waals surface area contributed by atoms with Crippen LogP contribution in [0, 0.1) is 0 Å². The van der Waals surface area contributed by atoms with Gasteiger partial charge < -0.3 is 15.0 Å². The fourth-order valence-electron chi connectivity index (χ4n) is 1.51. The molecule has 0 aliphatic heterocycles. The van der Waals surface area contributed by atoms with Crippen molar-refractivity contribution in [2.75, 3.05) is 7.11 Å². The van der Waals surface area contributed by atoms with Crippen molar-refractivity contribution in [1.82, 2.24) is 15.3 Å². The lowest BCUT2D eigenvalue weighted by molar-refractivity contribution is -0.175. The molecule has 2 N–H and O–H groups in total. The molecule has 0 bridgehead atoms. The molecule has 134 valence electrons. The summed E-state index contributed by atoms with van der Waals surface area (Å²) in [5.41, 5.74) is -0.291. The number of ether oxygens (including phenoxy) is 1. The number of nitrogens with zero attached hydrogens (tertiary/aromatic N) is 1. The van der Waals surface area contributed by atoms with E-state index >= 15 is 0 Å². The predicted octanol–water partition coefficient (Wildman–Crippen LogP) is 0.917. The number of imidazole rings is 1. The molecule has 0 saturated heterocycles. The van der Waals surface area contributed by atoms with Gasteiger partial charge in [0.15, 0.2) is 5.82 Å². The highest BCUT2D eigenvalue weighted by molar-refractivity contribution is 5.97. The van der Waals surface area contributed by atoms with Gasteiger partial charge in [0.25, 0.3) is 0 Å². The van der Waals surface area contributed by atoms with Crippen molar-refractivity contribution in [3.05, 3.63) is 17.7 Å². The molecule has 7 nitrogen and oxygen atoms in total. The highest BCUT2D eigenvalue weighted by Gasteiger charge is 2.42. The quantitative estimate of drug-likeness (QED) is 0.461. The second-order valence-corrected chi connectivity index (χ2v) is 4.34.